The minimum atomic E-state index is -3.09. The Morgan fingerprint density at radius 2 is 2.29 bits per heavy atom. The molecule has 2 aromatic carbocycles. The third-order valence-corrected chi connectivity index (χ3v) is 5.00. The third-order valence-electron chi connectivity index (χ3n) is 4.76. The summed E-state index contributed by atoms with van der Waals surface area (Å²) in [6, 6.07) is 12.7. The molecule has 0 heterocycles. The number of hydrogen-bond acceptors (Lipinski definition) is 5. The van der Waals surface area contributed by atoms with E-state index in [0.29, 0.717) is 23.7 Å². The fourth-order valence-electron chi connectivity index (χ4n) is 3.34. The monoisotopic (exact) mass is 408 g/mol. The highest BCUT2D eigenvalue weighted by Gasteiger charge is 2.20. The Bertz CT molecular complexity index is 985. The number of rotatable bonds is 8. The Morgan fingerprint density at radius 3 is 3.11 bits per heavy atom. The molecule has 0 saturated carbocycles. The summed E-state index contributed by atoms with van der Waals surface area (Å²) in [6.07, 6.45) is 1.79. The maximum atomic E-state index is 11.8. The lowest BCUT2D eigenvalue weighted by Gasteiger charge is -2.27. The van der Waals surface area contributed by atoms with Gasteiger partial charge in [0.2, 0.25) is 0 Å². The zero-order valence-corrected chi connectivity index (χ0v) is 16.0. The predicted octanol–water partition coefficient (Wildman–Crippen LogP) is 3.46. The van der Waals surface area contributed by atoms with Crippen molar-refractivity contribution in [3.8, 4) is 5.75 Å². The number of aryl methyl sites for hydroxylation is 1. The van der Waals surface area contributed by atoms with Crippen LogP contribution >= 0.6 is 11.6 Å². The topological polar surface area (TPSA) is 67.8 Å². The quantitative estimate of drug-likeness (QED) is 0.655. The molecule has 0 spiro atoms. The molecule has 0 bridgehead atoms. The molecule has 0 radical (unpaired) electrons. The van der Waals surface area contributed by atoms with E-state index in [0.717, 1.165) is 29.5 Å². The highest BCUT2D eigenvalue weighted by atomic mass is 35.5. The average Bonchev–Trinajstić information content (AvgIpc) is 2.74. The summed E-state index contributed by atoms with van der Waals surface area (Å²) < 4.78 is 45.7. The Balaban J connectivity index is 1.53. The van der Waals surface area contributed by atoms with Crippen molar-refractivity contribution < 1.29 is 26.2 Å². The van der Waals surface area contributed by atoms with Gasteiger partial charge in [-0.25, -0.2) is 4.79 Å². The van der Waals surface area contributed by atoms with Crippen molar-refractivity contribution in [1.82, 2.24) is 5.32 Å². The van der Waals surface area contributed by atoms with E-state index in [-0.39, 0.29) is 6.04 Å². The van der Waals surface area contributed by atoms with Crippen molar-refractivity contribution in [2.75, 3.05) is 19.7 Å². The van der Waals surface area contributed by atoms with E-state index in [2.05, 4.69) is 10.1 Å². The second-order valence-electron chi connectivity index (χ2n) is 6.71. The van der Waals surface area contributed by atoms with Crippen LogP contribution < -0.4 is 10.1 Å². The van der Waals surface area contributed by atoms with Gasteiger partial charge >= 0.3 is 5.97 Å². The van der Waals surface area contributed by atoms with Crippen LogP contribution in [0.15, 0.2) is 42.5 Å². The zero-order valence-electron chi connectivity index (χ0n) is 20.3. The fourth-order valence-corrected chi connectivity index (χ4v) is 3.53. The van der Waals surface area contributed by atoms with Gasteiger partial charge in [0.25, 0.3) is 0 Å². The Hall–Kier alpha value is -2.08. The number of ether oxygens (including phenoxy) is 2. The SMILES string of the molecule is [2H]C([2H])([2H])C([2H])([2H])OC(=O)COc1ccc2c(c1)C[C@@H](NC[C@H](O)c1cccc(Cl)c1)CC2. The molecule has 1 aliphatic carbocycles. The molecule has 1 aliphatic rings. The van der Waals surface area contributed by atoms with Gasteiger partial charge in [0.15, 0.2) is 6.61 Å². The molecule has 0 fully saturated rings. The molecule has 150 valence electrons. The molecule has 2 aromatic rings. The van der Waals surface area contributed by atoms with Crippen LogP contribution in [0.3, 0.4) is 0 Å². The molecule has 2 atom stereocenters. The number of hydrogen-bond donors (Lipinski definition) is 2. The molecule has 5 nitrogen and oxygen atoms in total. The van der Waals surface area contributed by atoms with E-state index in [4.69, 9.17) is 23.2 Å². The average molecular weight is 409 g/mol. The first-order valence-electron chi connectivity index (χ1n) is 11.6. The van der Waals surface area contributed by atoms with E-state index in [1.165, 1.54) is 0 Å². The van der Waals surface area contributed by atoms with Gasteiger partial charge in [0.1, 0.15) is 5.75 Å². The van der Waals surface area contributed by atoms with E-state index < -0.39 is 32.1 Å². The van der Waals surface area contributed by atoms with Gasteiger partial charge < -0.3 is 19.9 Å². The third kappa shape index (κ3) is 5.71. The van der Waals surface area contributed by atoms with Crippen LogP contribution in [0.5, 0.6) is 5.75 Å². The number of aliphatic hydroxyl groups excluding tert-OH is 1. The van der Waals surface area contributed by atoms with E-state index in [1.807, 2.05) is 18.2 Å². The minimum Gasteiger partial charge on any atom is -0.482 e. The summed E-state index contributed by atoms with van der Waals surface area (Å²) in [5.41, 5.74) is 2.95. The van der Waals surface area contributed by atoms with E-state index >= 15 is 0 Å². The first kappa shape index (κ1) is 14.9. The van der Waals surface area contributed by atoms with Crippen LogP contribution in [0.2, 0.25) is 5.02 Å². The minimum absolute atomic E-state index is 0.151. The van der Waals surface area contributed by atoms with Gasteiger partial charge in [0, 0.05) is 21.7 Å². The smallest absolute Gasteiger partial charge is 0.344 e. The van der Waals surface area contributed by atoms with Crippen molar-refractivity contribution >= 4 is 17.6 Å². The van der Waals surface area contributed by atoms with Crippen LogP contribution in [0, 0.1) is 0 Å². The molecule has 28 heavy (non-hydrogen) atoms. The standard InChI is InChI=1S/C22H26ClNO4/c1-2-27-22(26)14-28-20-9-7-15-6-8-19(11-17(15)12-20)24-13-21(25)16-4-3-5-18(23)10-16/h3-5,7,9-10,12,19,21,24-25H,2,6,8,11,13-14H2,1H3/t19-,21-/m0/s1/i1D3,2D2. The van der Waals surface area contributed by atoms with Gasteiger partial charge in [0.05, 0.1) is 15.4 Å². The summed E-state index contributed by atoms with van der Waals surface area (Å²) in [5.74, 6) is -0.705. The van der Waals surface area contributed by atoms with Crippen molar-refractivity contribution in [1.29, 1.82) is 0 Å². The van der Waals surface area contributed by atoms with Crippen LogP contribution in [0.1, 0.15) is 42.9 Å². The predicted molar refractivity (Wildman–Crippen MR) is 109 cm³/mol. The number of carbonyl (C=O) groups is 1. The number of benzene rings is 2. The van der Waals surface area contributed by atoms with Gasteiger partial charge in [-0.15, -0.1) is 0 Å². The molecule has 0 saturated heterocycles. The molecule has 0 aliphatic heterocycles. The molecular formula is C22H26ClNO4. The van der Waals surface area contributed by atoms with Gasteiger partial charge in [-0.05, 0) is 67.1 Å². The number of esters is 1. The number of carbonyl (C=O) groups excluding carboxylic acids is 1. The highest BCUT2D eigenvalue weighted by molar-refractivity contribution is 6.30. The van der Waals surface area contributed by atoms with Crippen molar-refractivity contribution in [3.05, 3.63) is 64.2 Å². The van der Waals surface area contributed by atoms with Gasteiger partial charge in [-0.3, -0.25) is 0 Å². The largest absolute Gasteiger partial charge is 0.482 e. The molecule has 0 amide bonds. The summed E-state index contributed by atoms with van der Waals surface area (Å²) in [4.78, 5) is 11.8. The van der Waals surface area contributed by atoms with E-state index in [1.54, 1.807) is 24.3 Å². The van der Waals surface area contributed by atoms with E-state index in [9.17, 15) is 9.90 Å². The first-order valence-corrected chi connectivity index (χ1v) is 9.46. The Kier molecular flexibility index (Phi) is 5.26. The molecule has 6 heteroatoms. The van der Waals surface area contributed by atoms with Crippen molar-refractivity contribution in [3.63, 3.8) is 0 Å². The summed E-state index contributed by atoms with van der Waals surface area (Å²) in [5, 5.41) is 14.4. The lowest BCUT2D eigenvalue weighted by atomic mass is 9.88. The highest BCUT2D eigenvalue weighted by Crippen LogP contribution is 2.26. The molecule has 0 aromatic heterocycles. The maximum Gasteiger partial charge on any atom is 0.344 e. The van der Waals surface area contributed by atoms with Gasteiger partial charge in [-0.2, -0.15) is 0 Å². The Morgan fingerprint density at radius 1 is 1.39 bits per heavy atom. The number of halogens is 1. The summed E-state index contributed by atoms with van der Waals surface area (Å²) >= 11 is 5.99. The fraction of sp³-hybridized carbons (Fsp3) is 0.409. The van der Waals surface area contributed by atoms with Crippen LogP contribution in [0.4, 0.5) is 0 Å². The molecule has 0 unspecified atom stereocenters. The number of nitrogens with one attached hydrogen (secondary N) is 1. The van der Waals surface area contributed by atoms with Crippen molar-refractivity contribution in [2.45, 2.75) is 38.3 Å². The number of fused-ring (bicyclic) bond motifs is 1. The van der Waals surface area contributed by atoms with Crippen LogP contribution in [-0.4, -0.2) is 36.8 Å². The second kappa shape index (κ2) is 9.92. The second-order valence-corrected chi connectivity index (χ2v) is 7.15. The number of aliphatic hydroxyl groups is 1. The normalized spacial score (nSPS) is 20.5. The zero-order chi connectivity index (χ0) is 24.2. The lowest BCUT2D eigenvalue weighted by molar-refractivity contribution is -0.145. The van der Waals surface area contributed by atoms with Crippen LogP contribution in [0.25, 0.3) is 0 Å². The van der Waals surface area contributed by atoms with Crippen molar-refractivity contribution in [2.24, 2.45) is 0 Å². The maximum absolute atomic E-state index is 11.8. The lowest BCUT2D eigenvalue weighted by Crippen LogP contribution is -2.37. The summed E-state index contributed by atoms with van der Waals surface area (Å²) in [7, 11) is 0. The van der Waals surface area contributed by atoms with Gasteiger partial charge in [-0.1, -0.05) is 29.8 Å². The Labute approximate surface area is 177 Å². The first-order chi connectivity index (χ1) is 15.4. The molecule has 3 rings (SSSR count). The molecule has 2 N–H and O–H groups in total. The van der Waals surface area contributed by atoms with Crippen LogP contribution in [-0.2, 0) is 22.4 Å². The summed E-state index contributed by atoms with van der Waals surface area (Å²) in [6.45, 7) is -6.40. The molecular weight excluding hydrogens is 378 g/mol.